The molecule has 2 N–H and O–H groups in total. The SMILES string of the molecule is CC(C)c1nc2c(c(=O)[nH]1)CN(Cc1ccc(C(=O)O)s1)CC2. The van der Waals surface area contributed by atoms with Crippen LogP contribution in [0, 0.1) is 0 Å². The second-order valence-electron chi connectivity index (χ2n) is 6.06. The molecule has 0 radical (unpaired) electrons. The molecular formula is C16H19N3O3S. The zero-order chi connectivity index (χ0) is 16.6. The van der Waals surface area contributed by atoms with Gasteiger partial charge in [0, 0.05) is 36.9 Å². The molecule has 0 saturated carbocycles. The fraction of sp³-hybridized carbons (Fsp3) is 0.438. The highest BCUT2D eigenvalue weighted by molar-refractivity contribution is 7.13. The molecule has 0 amide bonds. The van der Waals surface area contributed by atoms with E-state index < -0.39 is 5.97 Å². The molecule has 7 heteroatoms. The molecule has 2 aromatic heterocycles. The summed E-state index contributed by atoms with van der Waals surface area (Å²) in [4.78, 5) is 34.2. The van der Waals surface area contributed by atoms with Gasteiger partial charge in [-0.3, -0.25) is 9.69 Å². The lowest BCUT2D eigenvalue weighted by atomic mass is 10.1. The van der Waals surface area contributed by atoms with Crippen molar-refractivity contribution in [3.63, 3.8) is 0 Å². The minimum atomic E-state index is -0.896. The predicted octanol–water partition coefficient (Wildman–Crippen LogP) is 2.21. The first-order valence-corrected chi connectivity index (χ1v) is 8.42. The van der Waals surface area contributed by atoms with Crippen LogP contribution >= 0.6 is 11.3 Å². The first-order chi connectivity index (χ1) is 10.9. The molecule has 0 saturated heterocycles. The second kappa shape index (κ2) is 6.25. The van der Waals surface area contributed by atoms with Crippen LogP contribution < -0.4 is 5.56 Å². The van der Waals surface area contributed by atoms with Gasteiger partial charge in [0.25, 0.3) is 5.56 Å². The molecule has 0 spiro atoms. The highest BCUT2D eigenvalue weighted by atomic mass is 32.1. The van der Waals surface area contributed by atoms with E-state index in [0.29, 0.717) is 18.0 Å². The van der Waals surface area contributed by atoms with Gasteiger partial charge in [0.15, 0.2) is 0 Å². The van der Waals surface area contributed by atoms with Gasteiger partial charge in [-0.15, -0.1) is 11.3 Å². The largest absolute Gasteiger partial charge is 0.477 e. The van der Waals surface area contributed by atoms with E-state index in [0.717, 1.165) is 34.9 Å². The molecule has 0 fully saturated rings. The van der Waals surface area contributed by atoms with Crippen LogP contribution in [0.2, 0.25) is 0 Å². The van der Waals surface area contributed by atoms with E-state index in [4.69, 9.17) is 5.11 Å². The van der Waals surface area contributed by atoms with Crippen LogP contribution in [0.5, 0.6) is 0 Å². The molecule has 3 heterocycles. The molecule has 122 valence electrons. The summed E-state index contributed by atoms with van der Waals surface area (Å²) in [5.41, 5.74) is 1.57. The molecule has 6 nitrogen and oxygen atoms in total. The Morgan fingerprint density at radius 1 is 1.48 bits per heavy atom. The number of thiophene rings is 1. The van der Waals surface area contributed by atoms with Gasteiger partial charge in [0.1, 0.15) is 10.7 Å². The third kappa shape index (κ3) is 3.35. The van der Waals surface area contributed by atoms with Gasteiger partial charge in [-0.1, -0.05) is 13.8 Å². The molecule has 3 rings (SSSR count). The van der Waals surface area contributed by atoms with Gasteiger partial charge >= 0.3 is 5.97 Å². The first kappa shape index (κ1) is 15.9. The number of fused-ring (bicyclic) bond motifs is 1. The lowest BCUT2D eigenvalue weighted by Gasteiger charge is -2.27. The van der Waals surface area contributed by atoms with Gasteiger partial charge in [-0.2, -0.15) is 0 Å². The maximum atomic E-state index is 12.3. The number of aromatic nitrogens is 2. The molecule has 0 bridgehead atoms. The number of carbonyl (C=O) groups is 1. The number of hydrogen-bond acceptors (Lipinski definition) is 5. The third-order valence-corrected chi connectivity index (χ3v) is 5.02. The molecule has 0 aromatic carbocycles. The molecule has 2 aromatic rings. The minimum Gasteiger partial charge on any atom is -0.477 e. The van der Waals surface area contributed by atoms with Crippen molar-refractivity contribution in [1.29, 1.82) is 0 Å². The summed E-state index contributed by atoms with van der Waals surface area (Å²) in [6.07, 6.45) is 0.746. The summed E-state index contributed by atoms with van der Waals surface area (Å²) in [6.45, 7) is 6.05. The van der Waals surface area contributed by atoms with Crippen LogP contribution in [0.3, 0.4) is 0 Å². The summed E-state index contributed by atoms with van der Waals surface area (Å²) in [6, 6.07) is 3.47. The van der Waals surface area contributed by atoms with Gasteiger partial charge < -0.3 is 10.1 Å². The molecular weight excluding hydrogens is 314 g/mol. The number of nitrogens with one attached hydrogen (secondary N) is 1. The lowest BCUT2D eigenvalue weighted by molar-refractivity contribution is 0.0702. The quantitative estimate of drug-likeness (QED) is 0.896. The predicted molar refractivity (Wildman–Crippen MR) is 88.0 cm³/mol. The molecule has 0 atom stereocenters. The third-order valence-electron chi connectivity index (χ3n) is 3.96. The maximum Gasteiger partial charge on any atom is 0.345 e. The smallest absolute Gasteiger partial charge is 0.345 e. The fourth-order valence-electron chi connectivity index (χ4n) is 2.71. The summed E-state index contributed by atoms with van der Waals surface area (Å²) in [5.74, 6) is 0.0465. The van der Waals surface area contributed by atoms with E-state index in [1.165, 1.54) is 11.3 Å². The summed E-state index contributed by atoms with van der Waals surface area (Å²) in [5, 5.41) is 8.98. The average Bonchev–Trinajstić information content (AvgIpc) is 2.96. The number of H-pyrrole nitrogens is 1. The number of rotatable bonds is 4. The van der Waals surface area contributed by atoms with Crippen molar-refractivity contribution in [1.82, 2.24) is 14.9 Å². The maximum absolute atomic E-state index is 12.3. The van der Waals surface area contributed by atoms with Gasteiger partial charge in [-0.25, -0.2) is 9.78 Å². The lowest BCUT2D eigenvalue weighted by Crippen LogP contribution is -2.35. The number of nitrogens with zero attached hydrogens (tertiary/aromatic N) is 2. The molecule has 0 aliphatic carbocycles. The van der Waals surface area contributed by atoms with Crippen LogP contribution in [0.4, 0.5) is 0 Å². The fourth-order valence-corrected chi connectivity index (χ4v) is 3.60. The van der Waals surface area contributed by atoms with Gasteiger partial charge in [0.05, 0.1) is 11.3 Å². The Morgan fingerprint density at radius 2 is 2.26 bits per heavy atom. The van der Waals surface area contributed by atoms with Crippen molar-refractivity contribution in [2.45, 2.75) is 39.3 Å². The van der Waals surface area contributed by atoms with Crippen LogP contribution in [0.15, 0.2) is 16.9 Å². The van der Waals surface area contributed by atoms with Crippen molar-refractivity contribution in [2.75, 3.05) is 6.54 Å². The number of carboxylic acids is 1. The Hall–Kier alpha value is -1.99. The summed E-state index contributed by atoms with van der Waals surface area (Å²) in [7, 11) is 0. The second-order valence-corrected chi connectivity index (χ2v) is 7.23. The van der Waals surface area contributed by atoms with Crippen LogP contribution in [0.1, 0.15) is 51.4 Å². The Balaban J connectivity index is 1.77. The summed E-state index contributed by atoms with van der Waals surface area (Å²) >= 11 is 1.28. The van der Waals surface area contributed by atoms with Crippen LogP contribution in [-0.4, -0.2) is 32.5 Å². The van der Waals surface area contributed by atoms with Crippen LogP contribution in [0.25, 0.3) is 0 Å². The van der Waals surface area contributed by atoms with E-state index in [9.17, 15) is 9.59 Å². The van der Waals surface area contributed by atoms with E-state index in [1.807, 2.05) is 19.9 Å². The zero-order valence-corrected chi connectivity index (χ0v) is 13.9. The highest BCUT2D eigenvalue weighted by Crippen LogP contribution is 2.22. The van der Waals surface area contributed by atoms with E-state index in [1.54, 1.807) is 6.07 Å². The van der Waals surface area contributed by atoms with Crippen molar-refractivity contribution in [2.24, 2.45) is 0 Å². The van der Waals surface area contributed by atoms with Gasteiger partial charge in [-0.05, 0) is 12.1 Å². The van der Waals surface area contributed by atoms with Crippen molar-refractivity contribution >= 4 is 17.3 Å². The number of aromatic carboxylic acids is 1. The normalized spacial score (nSPS) is 14.9. The Morgan fingerprint density at radius 3 is 2.91 bits per heavy atom. The van der Waals surface area contributed by atoms with Crippen molar-refractivity contribution in [3.8, 4) is 0 Å². The monoisotopic (exact) mass is 333 g/mol. The number of carboxylic acid groups (broad SMARTS) is 1. The molecule has 1 aliphatic heterocycles. The summed E-state index contributed by atoms with van der Waals surface area (Å²) < 4.78 is 0. The molecule has 1 aliphatic rings. The zero-order valence-electron chi connectivity index (χ0n) is 13.1. The minimum absolute atomic E-state index is 0.0548. The van der Waals surface area contributed by atoms with Crippen molar-refractivity contribution in [3.05, 3.63) is 49.3 Å². The Bertz CT molecular complexity index is 794. The average molecular weight is 333 g/mol. The van der Waals surface area contributed by atoms with Gasteiger partial charge in [0.2, 0.25) is 0 Å². The number of aromatic amines is 1. The Kier molecular flexibility index (Phi) is 4.32. The number of hydrogen-bond donors (Lipinski definition) is 2. The highest BCUT2D eigenvalue weighted by Gasteiger charge is 2.22. The van der Waals surface area contributed by atoms with E-state index in [2.05, 4.69) is 14.9 Å². The van der Waals surface area contributed by atoms with Crippen LogP contribution in [-0.2, 0) is 19.5 Å². The standard InChI is InChI=1S/C16H19N3O3S/c1-9(2)14-17-12-5-6-19(8-11(12)15(20)18-14)7-10-3-4-13(23-10)16(21)22/h3-4,9H,5-8H2,1-2H3,(H,21,22)(H,17,18,20). The van der Waals surface area contributed by atoms with E-state index in [-0.39, 0.29) is 11.5 Å². The topological polar surface area (TPSA) is 86.3 Å². The first-order valence-electron chi connectivity index (χ1n) is 7.60. The molecule has 0 unspecified atom stereocenters. The van der Waals surface area contributed by atoms with E-state index >= 15 is 0 Å². The Labute approximate surface area is 137 Å². The molecule has 23 heavy (non-hydrogen) atoms. The van der Waals surface area contributed by atoms with Crippen molar-refractivity contribution < 1.29 is 9.90 Å².